The van der Waals surface area contributed by atoms with Crippen molar-refractivity contribution in [2.24, 2.45) is 0 Å². The van der Waals surface area contributed by atoms with E-state index in [2.05, 4.69) is 42.2 Å². The minimum Gasteiger partial charge on any atom is -0.361 e. The van der Waals surface area contributed by atoms with Crippen LogP contribution in [-0.4, -0.2) is 35.7 Å². The molecule has 1 aliphatic rings. The number of likely N-dealkylation sites (tertiary alicyclic amines) is 1. The maximum absolute atomic E-state index is 5.31. The summed E-state index contributed by atoms with van der Waals surface area (Å²) in [4.78, 5) is 2.56. The molecule has 4 heteroatoms. The smallest absolute Gasteiger partial charge is 0.139 e. The van der Waals surface area contributed by atoms with Crippen molar-refractivity contribution in [1.29, 1.82) is 0 Å². The van der Waals surface area contributed by atoms with Crippen LogP contribution in [0.3, 0.4) is 0 Å². The van der Waals surface area contributed by atoms with E-state index in [4.69, 9.17) is 4.52 Å². The Kier molecular flexibility index (Phi) is 5.40. The van der Waals surface area contributed by atoms with Gasteiger partial charge in [0.15, 0.2) is 0 Å². The highest BCUT2D eigenvalue weighted by Gasteiger charge is 2.14. The van der Waals surface area contributed by atoms with E-state index in [1.807, 2.05) is 0 Å². The second kappa shape index (κ2) is 7.06. The SMILES string of the molecule is CC(CN1CCCCC1)NCc1cc(C(C)C)on1. The summed E-state index contributed by atoms with van der Waals surface area (Å²) < 4.78 is 5.31. The van der Waals surface area contributed by atoms with Gasteiger partial charge < -0.3 is 14.7 Å². The number of nitrogens with zero attached hydrogens (tertiary/aromatic N) is 2. The van der Waals surface area contributed by atoms with Gasteiger partial charge in [0, 0.05) is 31.1 Å². The van der Waals surface area contributed by atoms with Gasteiger partial charge in [0.05, 0.1) is 5.69 Å². The van der Waals surface area contributed by atoms with Crippen LogP contribution >= 0.6 is 0 Å². The minimum absolute atomic E-state index is 0.409. The molecule has 0 spiro atoms. The van der Waals surface area contributed by atoms with E-state index < -0.39 is 0 Å². The van der Waals surface area contributed by atoms with Crippen LogP contribution in [0.4, 0.5) is 0 Å². The lowest BCUT2D eigenvalue weighted by Crippen LogP contribution is -2.41. The molecule has 1 saturated heterocycles. The van der Waals surface area contributed by atoms with Gasteiger partial charge in [-0.2, -0.15) is 0 Å². The molecule has 0 aliphatic carbocycles. The molecule has 0 saturated carbocycles. The molecular formula is C15H27N3O. The van der Waals surface area contributed by atoms with Gasteiger partial charge in [-0.1, -0.05) is 25.4 Å². The normalized spacial score (nSPS) is 18.9. The third-order valence-corrected chi connectivity index (χ3v) is 3.76. The molecule has 1 atom stereocenters. The fraction of sp³-hybridized carbons (Fsp3) is 0.800. The van der Waals surface area contributed by atoms with E-state index in [1.165, 1.54) is 32.4 Å². The monoisotopic (exact) mass is 265 g/mol. The second-order valence-corrected chi connectivity index (χ2v) is 6.02. The van der Waals surface area contributed by atoms with Crippen LogP contribution in [0.25, 0.3) is 0 Å². The zero-order valence-corrected chi connectivity index (χ0v) is 12.5. The van der Waals surface area contributed by atoms with Crippen LogP contribution in [0.2, 0.25) is 0 Å². The molecule has 0 radical (unpaired) electrons. The summed E-state index contributed by atoms with van der Waals surface area (Å²) in [7, 11) is 0. The molecule has 1 fully saturated rings. The van der Waals surface area contributed by atoms with Gasteiger partial charge in [0.2, 0.25) is 0 Å². The number of aromatic nitrogens is 1. The van der Waals surface area contributed by atoms with Gasteiger partial charge in [0.1, 0.15) is 5.76 Å². The average molecular weight is 265 g/mol. The van der Waals surface area contributed by atoms with Crippen LogP contribution in [0.1, 0.15) is 57.4 Å². The summed E-state index contributed by atoms with van der Waals surface area (Å²) in [6, 6.07) is 2.56. The quantitative estimate of drug-likeness (QED) is 0.858. The Morgan fingerprint density at radius 3 is 2.63 bits per heavy atom. The molecule has 0 aromatic carbocycles. The first-order valence-electron chi connectivity index (χ1n) is 7.56. The lowest BCUT2D eigenvalue weighted by molar-refractivity contribution is 0.208. The highest BCUT2D eigenvalue weighted by molar-refractivity contribution is 5.08. The van der Waals surface area contributed by atoms with Crippen LogP contribution in [0.15, 0.2) is 10.6 Å². The highest BCUT2D eigenvalue weighted by Crippen LogP contribution is 2.15. The summed E-state index contributed by atoms with van der Waals surface area (Å²) >= 11 is 0. The van der Waals surface area contributed by atoms with Crippen molar-refractivity contribution in [3.05, 3.63) is 17.5 Å². The number of hydrogen-bond donors (Lipinski definition) is 1. The first-order valence-corrected chi connectivity index (χ1v) is 7.56. The van der Waals surface area contributed by atoms with Crippen molar-refractivity contribution < 1.29 is 4.52 Å². The summed E-state index contributed by atoms with van der Waals surface area (Å²) in [5.41, 5.74) is 1.01. The summed E-state index contributed by atoms with van der Waals surface area (Å²) in [6.45, 7) is 10.9. The molecule has 1 aliphatic heterocycles. The standard InChI is InChI=1S/C15H27N3O/c1-12(2)15-9-14(17-19-15)10-16-13(3)11-18-7-5-4-6-8-18/h9,12-13,16H,4-8,10-11H2,1-3H3. The van der Waals surface area contributed by atoms with Gasteiger partial charge >= 0.3 is 0 Å². The van der Waals surface area contributed by atoms with Crippen LogP contribution in [0, 0.1) is 0 Å². The molecule has 2 heterocycles. The number of hydrogen-bond acceptors (Lipinski definition) is 4. The third-order valence-electron chi connectivity index (χ3n) is 3.76. The molecule has 4 nitrogen and oxygen atoms in total. The zero-order valence-electron chi connectivity index (χ0n) is 12.5. The van der Waals surface area contributed by atoms with Crippen molar-refractivity contribution in [3.8, 4) is 0 Å². The van der Waals surface area contributed by atoms with Crippen LogP contribution in [-0.2, 0) is 6.54 Å². The predicted octanol–water partition coefficient (Wildman–Crippen LogP) is 2.76. The molecule has 2 rings (SSSR count). The van der Waals surface area contributed by atoms with Crippen molar-refractivity contribution in [1.82, 2.24) is 15.4 Å². The van der Waals surface area contributed by atoms with Gasteiger partial charge in [-0.15, -0.1) is 0 Å². The first-order chi connectivity index (χ1) is 9.15. The Labute approximate surface area is 116 Å². The minimum atomic E-state index is 0.409. The Bertz CT molecular complexity index is 369. The first kappa shape index (κ1) is 14.5. The fourth-order valence-electron chi connectivity index (χ4n) is 2.56. The summed E-state index contributed by atoms with van der Waals surface area (Å²) in [6.07, 6.45) is 4.11. The average Bonchev–Trinajstić information content (AvgIpc) is 2.86. The van der Waals surface area contributed by atoms with E-state index in [-0.39, 0.29) is 0 Å². The topological polar surface area (TPSA) is 41.3 Å². The van der Waals surface area contributed by atoms with E-state index in [9.17, 15) is 0 Å². The largest absolute Gasteiger partial charge is 0.361 e. The molecular weight excluding hydrogens is 238 g/mol. The third kappa shape index (κ3) is 4.62. The van der Waals surface area contributed by atoms with E-state index in [0.717, 1.165) is 24.5 Å². The molecule has 0 amide bonds. The molecule has 108 valence electrons. The Morgan fingerprint density at radius 1 is 1.26 bits per heavy atom. The predicted molar refractivity (Wildman–Crippen MR) is 77.2 cm³/mol. The number of nitrogens with one attached hydrogen (secondary N) is 1. The van der Waals surface area contributed by atoms with Gasteiger partial charge in [-0.3, -0.25) is 0 Å². The van der Waals surface area contributed by atoms with E-state index in [1.54, 1.807) is 0 Å². The van der Waals surface area contributed by atoms with Crippen molar-refractivity contribution in [2.45, 2.75) is 58.5 Å². The highest BCUT2D eigenvalue weighted by atomic mass is 16.5. The fourth-order valence-corrected chi connectivity index (χ4v) is 2.56. The molecule has 1 aromatic heterocycles. The summed E-state index contributed by atoms with van der Waals surface area (Å²) in [5, 5.41) is 7.64. The molecule has 1 aromatic rings. The Hall–Kier alpha value is -0.870. The Morgan fingerprint density at radius 2 is 2.00 bits per heavy atom. The summed E-state index contributed by atoms with van der Waals surface area (Å²) in [5.74, 6) is 1.38. The van der Waals surface area contributed by atoms with Crippen molar-refractivity contribution >= 4 is 0 Å². The zero-order chi connectivity index (χ0) is 13.7. The molecule has 1 unspecified atom stereocenters. The molecule has 1 N–H and O–H groups in total. The maximum atomic E-state index is 5.31. The lowest BCUT2D eigenvalue weighted by Gasteiger charge is -2.29. The van der Waals surface area contributed by atoms with E-state index in [0.29, 0.717) is 12.0 Å². The van der Waals surface area contributed by atoms with Gasteiger partial charge in [-0.05, 0) is 32.9 Å². The molecule has 19 heavy (non-hydrogen) atoms. The maximum Gasteiger partial charge on any atom is 0.139 e. The lowest BCUT2D eigenvalue weighted by atomic mass is 10.1. The number of piperidine rings is 1. The molecule has 0 bridgehead atoms. The van der Waals surface area contributed by atoms with Crippen molar-refractivity contribution in [2.75, 3.05) is 19.6 Å². The number of rotatable bonds is 6. The van der Waals surface area contributed by atoms with Crippen LogP contribution < -0.4 is 5.32 Å². The van der Waals surface area contributed by atoms with Gasteiger partial charge in [0.25, 0.3) is 0 Å². The van der Waals surface area contributed by atoms with Crippen LogP contribution in [0.5, 0.6) is 0 Å². The van der Waals surface area contributed by atoms with E-state index >= 15 is 0 Å². The Balaban J connectivity index is 1.71. The van der Waals surface area contributed by atoms with Crippen molar-refractivity contribution in [3.63, 3.8) is 0 Å². The second-order valence-electron chi connectivity index (χ2n) is 6.02. The van der Waals surface area contributed by atoms with Gasteiger partial charge in [-0.25, -0.2) is 0 Å².